The molecule has 0 aliphatic carbocycles. The molecule has 2 heteroatoms. The summed E-state index contributed by atoms with van der Waals surface area (Å²) in [5.41, 5.74) is 0. The molecule has 1 N–H and O–H groups in total. The highest BCUT2D eigenvalue weighted by molar-refractivity contribution is 8.12. The van der Waals surface area contributed by atoms with Crippen LogP contribution in [-0.4, -0.2) is 18.2 Å². The van der Waals surface area contributed by atoms with Gasteiger partial charge in [0.15, 0.2) is 0 Å². The highest BCUT2D eigenvalue weighted by Crippen LogP contribution is 2.04. The molecule has 0 amide bonds. The van der Waals surface area contributed by atoms with E-state index in [1.807, 2.05) is 0 Å². The van der Waals surface area contributed by atoms with Gasteiger partial charge in [0.2, 0.25) is 0 Å². The van der Waals surface area contributed by atoms with Gasteiger partial charge in [-0.15, -0.1) is 10.7 Å². The quantitative estimate of drug-likeness (QED) is 0.466. The minimum atomic E-state index is 0.435. The molecule has 7 heavy (non-hydrogen) atoms. The Labute approximate surface area is 47.2 Å². The van der Waals surface area contributed by atoms with Crippen molar-refractivity contribution in [2.75, 3.05) is 12.8 Å². The zero-order valence-electron chi connectivity index (χ0n) is 4.61. The maximum atomic E-state index is 3.35. The minimum Gasteiger partial charge on any atom is -0.270 e. The topological polar surface area (TPSA) is 12.0 Å². The van der Waals surface area contributed by atoms with Gasteiger partial charge in [-0.05, 0) is 24.5 Å². The molecule has 0 aromatic rings. The fraction of sp³-hybridized carbons (Fsp3) is 0.800. The van der Waals surface area contributed by atoms with Gasteiger partial charge in [-0.3, -0.25) is 4.72 Å². The Bertz CT molecular complexity index is 88.1. The summed E-state index contributed by atoms with van der Waals surface area (Å²) < 4.78 is 3.35. The summed E-state index contributed by atoms with van der Waals surface area (Å²) in [6.07, 6.45) is 4.86. The van der Waals surface area contributed by atoms with E-state index in [1.165, 1.54) is 19.4 Å². The fourth-order valence-electron chi connectivity index (χ4n) is 0.654. The van der Waals surface area contributed by atoms with Crippen LogP contribution < -0.4 is 4.72 Å². The van der Waals surface area contributed by atoms with Gasteiger partial charge < -0.3 is 0 Å². The summed E-state index contributed by atoms with van der Waals surface area (Å²) in [6.45, 7) is 1.22. The molecule has 0 saturated carbocycles. The van der Waals surface area contributed by atoms with Crippen LogP contribution in [-0.2, 0) is 0 Å². The lowest BCUT2D eigenvalue weighted by Crippen LogP contribution is -2.12. The molecule has 0 saturated heterocycles. The SMILES string of the molecule is CS1=CCCCN1. The maximum absolute atomic E-state index is 3.35. The first kappa shape index (κ1) is 5.32. The van der Waals surface area contributed by atoms with Crippen LogP contribution in [0.4, 0.5) is 0 Å². The second-order valence-corrected chi connectivity index (χ2v) is 3.50. The van der Waals surface area contributed by atoms with Crippen LogP contribution in [0.1, 0.15) is 12.8 Å². The van der Waals surface area contributed by atoms with Gasteiger partial charge in [0, 0.05) is 6.54 Å². The molecule has 1 aliphatic heterocycles. The van der Waals surface area contributed by atoms with Gasteiger partial charge >= 0.3 is 0 Å². The largest absolute Gasteiger partial charge is 0.270 e. The lowest BCUT2D eigenvalue weighted by molar-refractivity contribution is 0.834. The van der Waals surface area contributed by atoms with E-state index in [0.29, 0.717) is 10.7 Å². The summed E-state index contributed by atoms with van der Waals surface area (Å²) in [6, 6.07) is 0. The molecule has 0 aromatic carbocycles. The molecule has 1 unspecified atom stereocenters. The van der Waals surface area contributed by atoms with Crippen LogP contribution >= 0.6 is 10.7 Å². The Kier molecular flexibility index (Phi) is 1.88. The Balaban J connectivity index is 2.40. The van der Waals surface area contributed by atoms with E-state index in [0.717, 1.165) is 0 Å². The molecule has 1 aliphatic rings. The van der Waals surface area contributed by atoms with Gasteiger partial charge in [-0.25, -0.2) is 0 Å². The van der Waals surface area contributed by atoms with Crippen LogP contribution in [0.3, 0.4) is 0 Å². The second-order valence-electron chi connectivity index (χ2n) is 1.76. The molecule has 1 heterocycles. The van der Waals surface area contributed by atoms with Crippen molar-refractivity contribution >= 4 is 16.0 Å². The van der Waals surface area contributed by atoms with E-state index in [9.17, 15) is 0 Å². The molecule has 1 atom stereocenters. The van der Waals surface area contributed by atoms with E-state index >= 15 is 0 Å². The molecule has 1 nitrogen and oxygen atoms in total. The number of hydrogen-bond acceptors (Lipinski definition) is 1. The lowest BCUT2D eigenvalue weighted by atomic mass is 10.3. The Morgan fingerprint density at radius 1 is 1.71 bits per heavy atom. The molecule has 0 aromatic heterocycles. The first-order valence-electron chi connectivity index (χ1n) is 2.61. The normalized spacial score (nSPS) is 31.9. The smallest absolute Gasteiger partial charge is 0.00567 e. The summed E-state index contributed by atoms with van der Waals surface area (Å²) >= 11 is 0. The van der Waals surface area contributed by atoms with Gasteiger partial charge in [0.05, 0.1) is 0 Å². The first-order valence-corrected chi connectivity index (χ1v) is 4.31. The van der Waals surface area contributed by atoms with E-state index in [2.05, 4.69) is 16.3 Å². The molecular formula is C5H11NS. The fourth-order valence-corrected chi connectivity index (χ4v) is 1.76. The van der Waals surface area contributed by atoms with Crippen LogP contribution in [0.2, 0.25) is 0 Å². The predicted octanol–water partition coefficient (Wildman–Crippen LogP) is 0.986. The summed E-state index contributed by atoms with van der Waals surface area (Å²) in [7, 11) is 0.435. The van der Waals surface area contributed by atoms with E-state index < -0.39 is 0 Å². The van der Waals surface area contributed by atoms with E-state index in [-0.39, 0.29) is 0 Å². The van der Waals surface area contributed by atoms with E-state index in [4.69, 9.17) is 0 Å². The Morgan fingerprint density at radius 3 is 2.86 bits per heavy atom. The monoisotopic (exact) mass is 117 g/mol. The molecule has 0 bridgehead atoms. The zero-order valence-corrected chi connectivity index (χ0v) is 5.42. The van der Waals surface area contributed by atoms with Crippen LogP contribution in [0.15, 0.2) is 0 Å². The predicted molar refractivity (Wildman–Crippen MR) is 36.8 cm³/mol. The molecule has 42 valence electrons. The van der Waals surface area contributed by atoms with Crippen LogP contribution in [0, 0.1) is 0 Å². The third-order valence-electron chi connectivity index (χ3n) is 1.08. The maximum Gasteiger partial charge on any atom is 0.00567 e. The number of rotatable bonds is 0. The Hall–Kier alpha value is 0.180. The van der Waals surface area contributed by atoms with Gasteiger partial charge in [-0.2, -0.15) is 0 Å². The third kappa shape index (κ3) is 1.61. The third-order valence-corrected chi connectivity index (χ3v) is 2.47. The van der Waals surface area contributed by atoms with Crippen molar-refractivity contribution in [3.8, 4) is 0 Å². The summed E-state index contributed by atoms with van der Waals surface area (Å²) in [5.74, 6) is 0. The average molecular weight is 117 g/mol. The van der Waals surface area contributed by atoms with Crippen molar-refractivity contribution in [3.05, 3.63) is 0 Å². The highest BCUT2D eigenvalue weighted by atomic mass is 32.2. The van der Waals surface area contributed by atoms with Gasteiger partial charge in [0.1, 0.15) is 0 Å². The molecule has 0 spiro atoms. The minimum absolute atomic E-state index is 0.435. The van der Waals surface area contributed by atoms with Gasteiger partial charge in [-0.1, -0.05) is 0 Å². The van der Waals surface area contributed by atoms with Crippen LogP contribution in [0.25, 0.3) is 0 Å². The highest BCUT2D eigenvalue weighted by Gasteiger charge is 1.92. The van der Waals surface area contributed by atoms with Crippen LogP contribution in [0.5, 0.6) is 0 Å². The Morgan fingerprint density at radius 2 is 2.57 bits per heavy atom. The van der Waals surface area contributed by atoms with Crippen molar-refractivity contribution in [3.63, 3.8) is 0 Å². The van der Waals surface area contributed by atoms with Crippen molar-refractivity contribution in [2.24, 2.45) is 0 Å². The van der Waals surface area contributed by atoms with Crippen molar-refractivity contribution in [1.29, 1.82) is 0 Å². The molecule has 0 radical (unpaired) electrons. The summed E-state index contributed by atoms with van der Waals surface area (Å²) in [5, 5.41) is 2.35. The van der Waals surface area contributed by atoms with Gasteiger partial charge in [0.25, 0.3) is 0 Å². The van der Waals surface area contributed by atoms with E-state index in [1.54, 1.807) is 0 Å². The summed E-state index contributed by atoms with van der Waals surface area (Å²) in [4.78, 5) is 0. The van der Waals surface area contributed by atoms with Crippen molar-refractivity contribution < 1.29 is 0 Å². The molecule has 1 rings (SSSR count). The number of hydrogen-bond donors (Lipinski definition) is 1. The molecular weight excluding hydrogens is 106 g/mol. The lowest BCUT2D eigenvalue weighted by Gasteiger charge is -2.09. The standard InChI is InChI=1S/C5H11NS/c1-7-5-3-2-4-6-7/h5-6H,2-4H2,1H3. The van der Waals surface area contributed by atoms with Crippen molar-refractivity contribution in [1.82, 2.24) is 4.72 Å². The zero-order chi connectivity index (χ0) is 5.11. The molecule has 0 fully saturated rings. The van der Waals surface area contributed by atoms with Crippen molar-refractivity contribution in [2.45, 2.75) is 12.8 Å². The second kappa shape index (κ2) is 2.48. The number of nitrogens with one attached hydrogen (secondary N) is 1. The average Bonchev–Trinajstić information content (AvgIpc) is 1.69. The first-order chi connectivity index (χ1) is 3.39.